The van der Waals surface area contributed by atoms with E-state index in [1.807, 2.05) is 0 Å². The minimum Gasteiger partial charge on any atom is -0.477 e. The van der Waals surface area contributed by atoms with Crippen LogP contribution in [0.2, 0.25) is 5.02 Å². The van der Waals surface area contributed by atoms with E-state index in [4.69, 9.17) is 11.6 Å². The summed E-state index contributed by atoms with van der Waals surface area (Å²) in [5.74, 6) is -3.00. The second-order valence-corrected chi connectivity index (χ2v) is 9.15. The summed E-state index contributed by atoms with van der Waals surface area (Å²) in [6.07, 6.45) is -4.90. The van der Waals surface area contributed by atoms with Crippen molar-refractivity contribution in [2.45, 2.75) is 19.1 Å². The first-order valence-corrected chi connectivity index (χ1v) is 11.5. The van der Waals surface area contributed by atoms with Gasteiger partial charge in [-0.3, -0.25) is 9.59 Å². The molecule has 4 aromatic rings. The van der Waals surface area contributed by atoms with Gasteiger partial charge in [-0.1, -0.05) is 23.7 Å². The second kappa shape index (κ2) is 8.24. The first kappa shape index (κ1) is 23.1. The first-order chi connectivity index (χ1) is 16.6. The van der Waals surface area contributed by atoms with Gasteiger partial charge >= 0.3 is 12.1 Å². The number of halogens is 4. The molecule has 2 amide bonds. The molecule has 0 aliphatic carbocycles. The predicted octanol–water partition coefficient (Wildman–Crippen LogP) is 5.85. The Bertz CT molecular complexity index is 1540. The zero-order valence-electron chi connectivity index (χ0n) is 17.6. The highest BCUT2D eigenvalue weighted by Gasteiger charge is 2.39. The summed E-state index contributed by atoms with van der Waals surface area (Å²) in [6.45, 7) is -0.0655. The van der Waals surface area contributed by atoms with Crippen LogP contribution in [0.15, 0.2) is 53.2 Å². The number of thiophene rings is 1. The van der Waals surface area contributed by atoms with E-state index in [2.05, 4.69) is 0 Å². The van der Waals surface area contributed by atoms with E-state index in [1.54, 1.807) is 29.6 Å². The average Bonchev–Trinajstić information content (AvgIpc) is 3.36. The number of hydrogen-bond donors (Lipinski definition) is 1. The summed E-state index contributed by atoms with van der Waals surface area (Å²) in [4.78, 5) is 39.5. The van der Waals surface area contributed by atoms with Gasteiger partial charge in [-0.25, -0.2) is 9.69 Å². The Kier molecular flexibility index (Phi) is 5.45. The minimum atomic E-state index is -4.72. The van der Waals surface area contributed by atoms with E-state index < -0.39 is 35.2 Å². The molecule has 1 aliphatic rings. The van der Waals surface area contributed by atoms with Crippen LogP contribution in [-0.4, -0.2) is 27.5 Å². The summed E-state index contributed by atoms with van der Waals surface area (Å²) in [7, 11) is 0. The van der Waals surface area contributed by atoms with Gasteiger partial charge in [0.1, 0.15) is 0 Å². The molecular weight excluding hydrogens is 505 g/mol. The van der Waals surface area contributed by atoms with Crippen LogP contribution in [0.4, 0.5) is 18.9 Å². The number of carbonyl (C=O) groups is 3. The maximum Gasteiger partial charge on any atom is 0.416 e. The molecule has 0 atom stereocenters. The highest BCUT2D eigenvalue weighted by atomic mass is 35.5. The van der Waals surface area contributed by atoms with E-state index in [9.17, 15) is 32.7 Å². The Labute approximate surface area is 204 Å². The number of fused-ring (bicyclic) bond motifs is 2. The molecule has 6 nitrogen and oxygen atoms in total. The third-order valence-electron chi connectivity index (χ3n) is 5.79. The van der Waals surface area contributed by atoms with Crippen molar-refractivity contribution in [1.29, 1.82) is 0 Å². The van der Waals surface area contributed by atoms with Crippen molar-refractivity contribution >= 4 is 57.3 Å². The number of carboxylic acid groups (broad SMARTS) is 1. The molecule has 11 heteroatoms. The van der Waals surface area contributed by atoms with Crippen LogP contribution in [0.5, 0.6) is 0 Å². The average molecular weight is 519 g/mol. The normalized spacial score (nSPS) is 14.0. The number of amides is 2. The zero-order chi connectivity index (χ0) is 25.1. The number of carbonyl (C=O) groups excluding carboxylic acids is 2. The predicted molar refractivity (Wildman–Crippen MR) is 124 cm³/mol. The Morgan fingerprint density at radius 3 is 2.57 bits per heavy atom. The maximum atomic E-state index is 13.6. The number of rotatable bonds is 4. The maximum absolute atomic E-state index is 13.6. The highest BCUT2D eigenvalue weighted by molar-refractivity contribution is 7.08. The molecule has 178 valence electrons. The van der Waals surface area contributed by atoms with Gasteiger partial charge in [0, 0.05) is 22.3 Å². The van der Waals surface area contributed by atoms with Crippen molar-refractivity contribution in [1.82, 2.24) is 4.57 Å². The lowest BCUT2D eigenvalue weighted by atomic mass is 10.0. The molecule has 0 spiro atoms. The summed E-state index contributed by atoms with van der Waals surface area (Å²) in [5.41, 5.74) is -0.462. The summed E-state index contributed by atoms with van der Waals surface area (Å²) < 4.78 is 42.0. The monoisotopic (exact) mass is 518 g/mol. The lowest BCUT2D eigenvalue weighted by Gasteiger charge is -2.25. The third kappa shape index (κ3) is 3.88. The Morgan fingerprint density at radius 2 is 1.89 bits per heavy atom. The number of hydrogen-bond acceptors (Lipinski definition) is 4. The lowest BCUT2D eigenvalue weighted by Crippen LogP contribution is -2.42. The Morgan fingerprint density at radius 1 is 1.11 bits per heavy atom. The van der Waals surface area contributed by atoms with Gasteiger partial charge in [0.05, 0.1) is 28.8 Å². The highest BCUT2D eigenvalue weighted by Crippen LogP contribution is 2.41. The molecular formula is C24H14ClF3N2O4S. The SMILES string of the molecule is O=C(O)c1c(N2C(=O)Cc3cscc3C2=O)c2cc(C(F)(F)F)ccc2n1Cc1cccc(Cl)c1. The fourth-order valence-electron chi connectivity index (χ4n) is 4.29. The Balaban J connectivity index is 1.82. The summed E-state index contributed by atoms with van der Waals surface area (Å²) >= 11 is 7.26. The quantitative estimate of drug-likeness (QED) is 0.344. The molecule has 3 heterocycles. The number of imide groups is 1. The van der Waals surface area contributed by atoms with E-state index in [0.717, 1.165) is 18.2 Å². The largest absolute Gasteiger partial charge is 0.477 e. The van der Waals surface area contributed by atoms with Crippen molar-refractivity contribution in [2.24, 2.45) is 0 Å². The molecule has 5 rings (SSSR count). The number of anilines is 1. The topological polar surface area (TPSA) is 79.6 Å². The molecule has 1 aliphatic heterocycles. The molecule has 2 aromatic heterocycles. The minimum absolute atomic E-state index is 0.0655. The number of aromatic nitrogens is 1. The molecule has 0 saturated carbocycles. The zero-order valence-corrected chi connectivity index (χ0v) is 19.2. The van der Waals surface area contributed by atoms with Crippen LogP contribution >= 0.6 is 22.9 Å². The van der Waals surface area contributed by atoms with Crippen molar-refractivity contribution in [3.05, 3.63) is 86.2 Å². The number of alkyl halides is 3. The van der Waals surface area contributed by atoms with Gasteiger partial charge in [-0.2, -0.15) is 24.5 Å². The summed E-state index contributed by atoms with van der Waals surface area (Å²) in [6, 6.07) is 9.31. The number of aromatic carboxylic acids is 1. The molecule has 0 radical (unpaired) electrons. The molecule has 2 aromatic carbocycles. The van der Waals surface area contributed by atoms with E-state index in [0.29, 0.717) is 21.0 Å². The molecule has 0 unspecified atom stereocenters. The van der Waals surface area contributed by atoms with E-state index in [1.165, 1.54) is 21.3 Å². The number of nitrogens with zero attached hydrogens (tertiary/aromatic N) is 2. The number of carboxylic acids is 1. The fourth-order valence-corrected chi connectivity index (χ4v) is 5.33. The van der Waals surface area contributed by atoms with Crippen molar-refractivity contribution < 1.29 is 32.7 Å². The lowest BCUT2D eigenvalue weighted by molar-refractivity contribution is -0.137. The second-order valence-electron chi connectivity index (χ2n) is 7.97. The summed E-state index contributed by atoms with van der Waals surface area (Å²) in [5, 5.41) is 13.6. The van der Waals surface area contributed by atoms with Gasteiger partial charge in [-0.15, -0.1) is 0 Å². The smallest absolute Gasteiger partial charge is 0.416 e. The van der Waals surface area contributed by atoms with Crippen molar-refractivity contribution in [3.8, 4) is 0 Å². The number of benzene rings is 2. The molecule has 35 heavy (non-hydrogen) atoms. The van der Waals surface area contributed by atoms with Gasteiger partial charge < -0.3 is 9.67 Å². The van der Waals surface area contributed by atoms with Crippen LogP contribution in [0.3, 0.4) is 0 Å². The van der Waals surface area contributed by atoms with Gasteiger partial charge in [0.15, 0.2) is 5.69 Å². The molecule has 0 fully saturated rings. The first-order valence-electron chi connectivity index (χ1n) is 10.2. The van der Waals surface area contributed by atoms with Gasteiger partial charge in [0.2, 0.25) is 5.91 Å². The van der Waals surface area contributed by atoms with Gasteiger partial charge in [-0.05, 0) is 46.8 Å². The van der Waals surface area contributed by atoms with Gasteiger partial charge in [0.25, 0.3) is 5.91 Å². The van der Waals surface area contributed by atoms with Crippen molar-refractivity contribution in [2.75, 3.05) is 4.90 Å². The van der Waals surface area contributed by atoms with Crippen LogP contribution in [0.1, 0.15) is 37.5 Å². The van der Waals surface area contributed by atoms with E-state index in [-0.39, 0.29) is 35.1 Å². The van der Waals surface area contributed by atoms with Crippen LogP contribution in [0.25, 0.3) is 10.9 Å². The van der Waals surface area contributed by atoms with Crippen LogP contribution in [-0.2, 0) is 23.9 Å². The standard InChI is InChI=1S/C24H14ClF3N2O4S/c25-15-3-1-2-12(6-15)9-29-18-5-4-14(24(26,27)28)8-16(18)20(21(29)23(33)34)30-19(31)7-13-10-35-11-17(13)22(30)32/h1-6,8,10-11H,7,9H2,(H,33,34). The van der Waals surface area contributed by atoms with Crippen molar-refractivity contribution in [3.63, 3.8) is 0 Å². The fraction of sp³-hybridized carbons (Fsp3) is 0.125. The third-order valence-corrected chi connectivity index (χ3v) is 6.81. The van der Waals surface area contributed by atoms with Crippen LogP contribution < -0.4 is 4.90 Å². The van der Waals surface area contributed by atoms with Crippen LogP contribution in [0, 0.1) is 0 Å². The molecule has 0 bridgehead atoms. The molecule has 1 N–H and O–H groups in total. The Hall–Kier alpha value is -3.63. The molecule has 0 saturated heterocycles. The van der Waals surface area contributed by atoms with E-state index >= 15 is 0 Å².